The summed E-state index contributed by atoms with van der Waals surface area (Å²) in [6.07, 6.45) is 2.17. The van der Waals surface area contributed by atoms with Gasteiger partial charge in [0.05, 0.1) is 0 Å². The van der Waals surface area contributed by atoms with Crippen LogP contribution in [-0.4, -0.2) is 13.1 Å². The van der Waals surface area contributed by atoms with Crippen molar-refractivity contribution in [2.24, 2.45) is 11.3 Å². The minimum atomic E-state index is 0.357. The van der Waals surface area contributed by atoms with Gasteiger partial charge in [-0.2, -0.15) is 0 Å². The van der Waals surface area contributed by atoms with Gasteiger partial charge in [-0.15, -0.1) is 0 Å². The molecule has 1 aromatic rings. The first-order chi connectivity index (χ1) is 8.34. The largest absolute Gasteiger partial charge is 0.317 e. The van der Waals surface area contributed by atoms with Gasteiger partial charge in [0.15, 0.2) is 0 Å². The van der Waals surface area contributed by atoms with Crippen LogP contribution < -0.4 is 5.32 Å². The van der Waals surface area contributed by atoms with E-state index in [4.69, 9.17) is 11.6 Å². The van der Waals surface area contributed by atoms with Crippen molar-refractivity contribution < 1.29 is 0 Å². The topological polar surface area (TPSA) is 12.0 Å². The zero-order chi connectivity index (χ0) is 13.8. The molecule has 0 spiro atoms. The van der Waals surface area contributed by atoms with E-state index >= 15 is 0 Å². The Kier molecular flexibility index (Phi) is 5.68. The van der Waals surface area contributed by atoms with E-state index in [0.717, 1.165) is 11.4 Å². The van der Waals surface area contributed by atoms with Crippen LogP contribution in [0, 0.1) is 11.3 Å². The van der Waals surface area contributed by atoms with Crippen LogP contribution in [0.3, 0.4) is 0 Å². The molecule has 0 saturated carbocycles. The minimum absolute atomic E-state index is 0.357. The predicted octanol–water partition coefficient (Wildman–Crippen LogP) is 4.54. The molecule has 2 heteroatoms. The third-order valence-corrected chi connectivity index (χ3v) is 4.32. The molecule has 1 nitrogen and oxygen atoms in total. The molecule has 1 N–H and O–H groups in total. The number of hydrogen-bond donors (Lipinski definition) is 1. The zero-order valence-corrected chi connectivity index (χ0v) is 13.0. The Labute approximate surface area is 117 Å². The van der Waals surface area contributed by atoms with Crippen LogP contribution in [0.25, 0.3) is 0 Å². The molecule has 2 unspecified atom stereocenters. The summed E-state index contributed by atoms with van der Waals surface area (Å²) in [5, 5.41) is 4.30. The van der Waals surface area contributed by atoms with Crippen molar-refractivity contribution >= 4 is 11.6 Å². The van der Waals surface area contributed by atoms with Crippen molar-refractivity contribution in [3.05, 3.63) is 34.9 Å². The van der Waals surface area contributed by atoms with Gasteiger partial charge in [-0.25, -0.2) is 0 Å². The van der Waals surface area contributed by atoms with Crippen molar-refractivity contribution in [3.63, 3.8) is 0 Å². The highest BCUT2D eigenvalue weighted by Crippen LogP contribution is 2.30. The van der Waals surface area contributed by atoms with E-state index < -0.39 is 0 Å². The number of benzene rings is 1. The van der Waals surface area contributed by atoms with Gasteiger partial charge in [-0.1, -0.05) is 57.5 Å². The molecule has 0 aliphatic carbocycles. The van der Waals surface area contributed by atoms with E-state index in [0.29, 0.717) is 17.4 Å². The highest BCUT2D eigenvalue weighted by atomic mass is 35.5. The number of rotatable bonds is 5. The van der Waals surface area contributed by atoms with Gasteiger partial charge in [-0.3, -0.25) is 0 Å². The maximum absolute atomic E-state index is 6.22. The lowest BCUT2D eigenvalue weighted by Gasteiger charge is -2.31. The van der Waals surface area contributed by atoms with E-state index in [1.165, 1.54) is 12.0 Å². The van der Waals surface area contributed by atoms with Crippen molar-refractivity contribution in [2.45, 2.75) is 46.6 Å². The first-order valence-electron chi connectivity index (χ1n) is 6.75. The fourth-order valence-electron chi connectivity index (χ4n) is 2.01. The van der Waals surface area contributed by atoms with E-state index in [2.05, 4.69) is 45.1 Å². The van der Waals surface area contributed by atoms with Gasteiger partial charge in [0, 0.05) is 11.1 Å². The molecule has 0 aromatic heterocycles. The van der Waals surface area contributed by atoms with Crippen LogP contribution in [0.4, 0.5) is 0 Å². The summed E-state index contributed by atoms with van der Waals surface area (Å²) < 4.78 is 0. The monoisotopic (exact) mass is 267 g/mol. The van der Waals surface area contributed by atoms with E-state index in [9.17, 15) is 0 Å². The molecule has 1 aromatic carbocycles. The summed E-state index contributed by atoms with van der Waals surface area (Å²) >= 11 is 6.22. The second-order valence-electron chi connectivity index (χ2n) is 6.28. The Hall–Kier alpha value is -0.530. The van der Waals surface area contributed by atoms with Gasteiger partial charge in [0.25, 0.3) is 0 Å². The first-order valence-corrected chi connectivity index (χ1v) is 7.13. The van der Waals surface area contributed by atoms with Crippen molar-refractivity contribution in [1.29, 1.82) is 0 Å². The summed E-state index contributed by atoms with van der Waals surface area (Å²) in [5.41, 5.74) is 1.59. The number of likely N-dealkylation sites (N-methyl/N-ethyl adjacent to an activating group) is 1. The van der Waals surface area contributed by atoms with Gasteiger partial charge < -0.3 is 5.32 Å². The smallest absolute Gasteiger partial charge is 0.0438 e. The highest BCUT2D eigenvalue weighted by molar-refractivity contribution is 6.31. The fourth-order valence-corrected chi connectivity index (χ4v) is 2.23. The van der Waals surface area contributed by atoms with E-state index in [1.807, 2.05) is 19.2 Å². The third kappa shape index (κ3) is 4.62. The van der Waals surface area contributed by atoms with Crippen LogP contribution in [0.5, 0.6) is 0 Å². The van der Waals surface area contributed by atoms with E-state index in [-0.39, 0.29) is 0 Å². The van der Waals surface area contributed by atoms with Gasteiger partial charge in [-0.05, 0) is 42.9 Å². The molecule has 0 aliphatic heterocycles. The molecule has 2 atom stereocenters. The molecule has 0 aliphatic rings. The molecule has 0 radical (unpaired) electrons. The van der Waals surface area contributed by atoms with Crippen LogP contribution in [0.1, 0.15) is 39.7 Å². The van der Waals surface area contributed by atoms with Gasteiger partial charge >= 0.3 is 0 Å². The summed E-state index contributed by atoms with van der Waals surface area (Å²) in [4.78, 5) is 0. The van der Waals surface area contributed by atoms with Crippen LogP contribution >= 0.6 is 11.6 Å². The summed E-state index contributed by atoms with van der Waals surface area (Å²) in [5.74, 6) is 0.678. The van der Waals surface area contributed by atoms with Crippen LogP contribution in [0.2, 0.25) is 5.02 Å². The van der Waals surface area contributed by atoms with Crippen molar-refractivity contribution in [2.75, 3.05) is 7.05 Å². The molecule has 18 heavy (non-hydrogen) atoms. The molecule has 102 valence electrons. The molecule has 0 fully saturated rings. The van der Waals surface area contributed by atoms with Gasteiger partial charge in [0.1, 0.15) is 0 Å². The molecule has 0 heterocycles. The summed E-state index contributed by atoms with van der Waals surface area (Å²) in [7, 11) is 2.04. The zero-order valence-electron chi connectivity index (χ0n) is 12.3. The van der Waals surface area contributed by atoms with Crippen molar-refractivity contribution in [1.82, 2.24) is 5.32 Å². The molecule has 0 bridgehead atoms. The van der Waals surface area contributed by atoms with E-state index in [1.54, 1.807) is 0 Å². The maximum Gasteiger partial charge on any atom is 0.0438 e. The van der Waals surface area contributed by atoms with Crippen LogP contribution in [-0.2, 0) is 6.42 Å². The second kappa shape index (κ2) is 6.58. The Morgan fingerprint density at radius 3 is 2.33 bits per heavy atom. The average Bonchev–Trinajstić information content (AvgIpc) is 2.29. The number of halogens is 1. The van der Waals surface area contributed by atoms with Gasteiger partial charge in [0.2, 0.25) is 0 Å². The lowest BCUT2D eigenvalue weighted by Crippen LogP contribution is -2.33. The Balaban J connectivity index is 2.66. The molecule has 0 saturated heterocycles. The lowest BCUT2D eigenvalue weighted by atomic mass is 9.78. The molecular formula is C16H26ClN. The lowest BCUT2D eigenvalue weighted by molar-refractivity contribution is 0.225. The van der Waals surface area contributed by atoms with Crippen molar-refractivity contribution in [3.8, 4) is 0 Å². The Bertz CT molecular complexity index is 368. The normalized spacial score (nSPS) is 15.4. The third-order valence-electron chi connectivity index (χ3n) is 3.95. The first kappa shape index (κ1) is 15.5. The minimum Gasteiger partial charge on any atom is -0.317 e. The second-order valence-corrected chi connectivity index (χ2v) is 6.69. The summed E-state index contributed by atoms with van der Waals surface area (Å²) in [6.45, 7) is 9.25. The molecule has 0 amide bonds. The summed E-state index contributed by atoms with van der Waals surface area (Å²) in [6, 6.07) is 8.61. The van der Waals surface area contributed by atoms with Crippen LogP contribution in [0.15, 0.2) is 24.3 Å². The maximum atomic E-state index is 6.22. The average molecular weight is 268 g/mol. The highest BCUT2D eigenvalue weighted by Gasteiger charge is 2.23. The Morgan fingerprint density at radius 2 is 1.83 bits per heavy atom. The Morgan fingerprint density at radius 1 is 1.22 bits per heavy atom. The molecule has 1 rings (SSSR count). The SMILES string of the molecule is CNC(Cc1ccccc1Cl)CC(C)C(C)(C)C. The number of hydrogen-bond acceptors (Lipinski definition) is 1. The quantitative estimate of drug-likeness (QED) is 0.826. The predicted molar refractivity (Wildman–Crippen MR) is 81.2 cm³/mol. The fraction of sp³-hybridized carbons (Fsp3) is 0.625. The standard InChI is InChI=1S/C16H26ClN/c1-12(16(2,3)4)10-14(18-5)11-13-8-6-7-9-15(13)17/h6-9,12,14,18H,10-11H2,1-5H3. The number of nitrogens with one attached hydrogen (secondary N) is 1. The molecular weight excluding hydrogens is 242 g/mol.